The third-order valence-electron chi connectivity index (χ3n) is 3.00. The highest BCUT2D eigenvalue weighted by Crippen LogP contribution is 2.31. The number of aromatic nitrogens is 1. The fraction of sp³-hybridized carbons (Fsp3) is 0.312. The molecule has 0 unspecified atom stereocenters. The van der Waals surface area contributed by atoms with Gasteiger partial charge in [0.2, 0.25) is 0 Å². The van der Waals surface area contributed by atoms with Crippen LogP contribution in [0.1, 0.15) is 30.9 Å². The fourth-order valence-corrected chi connectivity index (χ4v) is 2.01. The Morgan fingerprint density at radius 1 is 1.16 bits per heavy atom. The molecule has 1 aromatic carbocycles. The molecule has 0 aliphatic heterocycles. The molecule has 3 heteroatoms. The van der Waals surface area contributed by atoms with E-state index in [1.807, 2.05) is 31.3 Å². The van der Waals surface area contributed by atoms with Crippen LogP contribution in [0.2, 0.25) is 0 Å². The molecule has 0 fully saturated rings. The number of hydrogen-bond acceptors (Lipinski definition) is 3. The molecule has 19 heavy (non-hydrogen) atoms. The van der Waals surface area contributed by atoms with E-state index < -0.39 is 0 Å². The van der Waals surface area contributed by atoms with Crippen LogP contribution in [0.25, 0.3) is 0 Å². The molecular formula is C16H20N2O. The van der Waals surface area contributed by atoms with Crippen molar-refractivity contribution in [3.8, 4) is 11.5 Å². The summed E-state index contributed by atoms with van der Waals surface area (Å²) in [7, 11) is 1.92. The maximum absolute atomic E-state index is 6.05. The summed E-state index contributed by atoms with van der Waals surface area (Å²) in [5.41, 5.74) is 2.32. The van der Waals surface area contributed by atoms with Gasteiger partial charge in [-0.3, -0.25) is 4.98 Å². The number of rotatable bonds is 5. The molecule has 100 valence electrons. The fourth-order valence-electron chi connectivity index (χ4n) is 2.01. The minimum absolute atomic E-state index is 0.431. The molecule has 0 aliphatic rings. The normalized spacial score (nSPS) is 10.7. The van der Waals surface area contributed by atoms with E-state index in [9.17, 15) is 0 Å². The van der Waals surface area contributed by atoms with Gasteiger partial charge < -0.3 is 10.1 Å². The van der Waals surface area contributed by atoms with Crippen molar-refractivity contribution in [3.63, 3.8) is 0 Å². The third kappa shape index (κ3) is 3.32. The molecule has 1 aromatic heterocycles. The summed E-state index contributed by atoms with van der Waals surface area (Å²) in [5, 5.41) is 3.14. The molecule has 3 nitrogen and oxygen atoms in total. The Labute approximate surface area is 114 Å². The van der Waals surface area contributed by atoms with Crippen LogP contribution < -0.4 is 10.1 Å². The zero-order valence-electron chi connectivity index (χ0n) is 11.7. The van der Waals surface area contributed by atoms with Crippen molar-refractivity contribution < 1.29 is 4.74 Å². The van der Waals surface area contributed by atoms with Crippen molar-refractivity contribution in [1.29, 1.82) is 0 Å². The minimum Gasteiger partial charge on any atom is -0.455 e. The van der Waals surface area contributed by atoms with E-state index in [2.05, 4.69) is 30.2 Å². The predicted octanol–water partition coefficient (Wildman–Crippen LogP) is 3.72. The second-order valence-electron chi connectivity index (χ2n) is 4.81. The van der Waals surface area contributed by atoms with Crippen LogP contribution in [0.15, 0.2) is 42.7 Å². The van der Waals surface area contributed by atoms with Gasteiger partial charge in [0.15, 0.2) is 0 Å². The number of para-hydroxylation sites is 1. The molecule has 0 atom stereocenters. The lowest BCUT2D eigenvalue weighted by Crippen LogP contribution is -2.07. The second kappa shape index (κ2) is 6.34. The second-order valence-corrected chi connectivity index (χ2v) is 4.81. The van der Waals surface area contributed by atoms with E-state index in [-0.39, 0.29) is 0 Å². The summed E-state index contributed by atoms with van der Waals surface area (Å²) >= 11 is 0. The van der Waals surface area contributed by atoms with Gasteiger partial charge >= 0.3 is 0 Å². The van der Waals surface area contributed by atoms with Gasteiger partial charge in [-0.2, -0.15) is 0 Å². The zero-order valence-corrected chi connectivity index (χ0v) is 11.7. The Hall–Kier alpha value is -1.87. The zero-order chi connectivity index (χ0) is 13.7. The number of pyridine rings is 1. The van der Waals surface area contributed by atoms with Crippen molar-refractivity contribution in [3.05, 3.63) is 53.9 Å². The van der Waals surface area contributed by atoms with Gasteiger partial charge in [-0.05, 0) is 30.7 Å². The first-order valence-corrected chi connectivity index (χ1v) is 6.56. The number of ether oxygens (including phenoxy) is 1. The minimum atomic E-state index is 0.431. The summed E-state index contributed by atoms with van der Waals surface area (Å²) in [4.78, 5) is 4.15. The van der Waals surface area contributed by atoms with Crippen LogP contribution in [0.5, 0.6) is 11.5 Å². The lowest BCUT2D eigenvalue weighted by atomic mass is 10.0. The van der Waals surface area contributed by atoms with E-state index in [0.29, 0.717) is 5.92 Å². The van der Waals surface area contributed by atoms with Gasteiger partial charge in [0.05, 0.1) is 6.20 Å². The first-order valence-electron chi connectivity index (χ1n) is 6.56. The number of nitrogens with one attached hydrogen (secondary N) is 1. The van der Waals surface area contributed by atoms with E-state index >= 15 is 0 Å². The van der Waals surface area contributed by atoms with Crippen LogP contribution in [-0.2, 0) is 6.54 Å². The highest BCUT2D eigenvalue weighted by molar-refractivity contribution is 5.41. The van der Waals surface area contributed by atoms with Gasteiger partial charge in [-0.1, -0.05) is 32.0 Å². The number of benzene rings is 1. The molecule has 0 amide bonds. The summed E-state index contributed by atoms with van der Waals surface area (Å²) < 4.78 is 6.05. The Morgan fingerprint density at radius 2 is 1.95 bits per heavy atom. The maximum atomic E-state index is 6.05. The first kappa shape index (κ1) is 13.6. The van der Waals surface area contributed by atoms with Crippen LogP contribution in [0.3, 0.4) is 0 Å². The van der Waals surface area contributed by atoms with Crippen LogP contribution in [-0.4, -0.2) is 12.0 Å². The largest absolute Gasteiger partial charge is 0.455 e. The monoisotopic (exact) mass is 256 g/mol. The molecule has 0 bridgehead atoms. The van der Waals surface area contributed by atoms with Crippen molar-refractivity contribution in [2.45, 2.75) is 26.3 Å². The van der Waals surface area contributed by atoms with Crippen molar-refractivity contribution in [1.82, 2.24) is 10.3 Å². The molecule has 1 heterocycles. The molecule has 0 radical (unpaired) electrons. The van der Waals surface area contributed by atoms with Crippen molar-refractivity contribution in [2.75, 3.05) is 7.05 Å². The standard InChI is InChI=1S/C16H20N2O/c1-12(2)14-6-4-5-7-15(14)19-16-11-18-9-8-13(16)10-17-3/h4-9,11-12,17H,10H2,1-3H3. The smallest absolute Gasteiger partial charge is 0.150 e. The van der Waals surface area contributed by atoms with Crippen molar-refractivity contribution >= 4 is 0 Å². The number of nitrogens with zero attached hydrogens (tertiary/aromatic N) is 1. The van der Waals surface area contributed by atoms with Crippen molar-refractivity contribution in [2.24, 2.45) is 0 Å². The Kier molecular flexibility index (Phi) is 4.53. The third-order valence-corrected chi connectivity index (χ3v) is 3.00. The number of hydrogen-bond donors (Lipinski definition) is 1. The summed E-state index contributed by atoms with van der Waals surface area (Å²) in [6.07, 6.45) is 3.55. The average molecular weight is 256 g/mol. The molecular weight excluding hydrogens is 236 g/mol. The van der Waals surface area contributed by atoms with Gasteiger partial charge in [0.1, 0.15) is 11.5 Å². The van der Waals surface area contributed by atoms with Gasteiger partial charge in [-0.25, -0.2) is 0 Å². The molecule has 0 spiro atoms. The molecule has 2 rings (SSSR count). The topological polar surface area (TPSA) is 34.2 Å². The molecule has 0 saturated carbocycles. The molecule has 2 aromatic rings. The molecule has 1 N–H and O–H groups in total. The highest BCUT2D eigenvalue weighted by Gasteiger charge is 2.10. The summed E-state index contributed by atoms with van der Waals surface area (Å²) in [5.74, 6) is 2.15. The molecule has 0 aliphatic carbocycles. The lowest BCUT2D eigenvalue weighted by molar-refractivity contribution is 0.463. The highest BCUT2D eigenvalue weighted by atomic mass is 16.5. The van der Waals surface area contributed by atoms with E-state index in [0.717, 1.165) is 23.6 Å². The summed E-state index contributed by atoms with van der Waals surface area (Å²) in [6, 6.07) is 10.1. The Balaban J connectivity index is 2.31. The Morgan fingerprint density at radius 3 is 2.68 bits per heavy atom. The van der Waals surface area contributed by atoms with Gasteiger partial charge in [-0.15, -0.1) is 0 Å². The van der Waals surface area contributed by atoms with Gasteiger partial charge in [0.25, 0.3) is 0 Å². The van der Waals surface area contributed by atoms with E-state index in [1.54, 1.807) is 12.4 Å². The van der Waals surface area contributed by atoms with E-state index in [1.165, 1.54) is 5.56 Å². The maximum Gasteiger partial charge on any atom is 0.150 e. The SMILES string of the molecule is CNCc1ccncc1Oc1ccccc1C(C)C. The van der Waals surface area contributed by atoms with E-state index in [4.69, 9.17) is 4.74 Å². The summed E-state index contributed by atoms with van der Waals surface area (Å²) in [6.45, 7) is 5.10. The average Bonchev–Trinajstić information content (AvgIpc) is 2.42. The predicted molar refractivity (Wildman–Crippen MR) is 77.6 cm³/mol. The van der Waals surface area contributed by atoms with Crippen LogP contribution in [0, 0.1) is 0 Å². The first-order chi connectivity index (χ1) is 9.22. The Bertz CT molecular complexity index is 538. The quantitative estimate of drug-likeness (QED) is 0.885. The van der Waals surface area contributed by atoms with Gasteiger partial charge in [0, 0.05) is 18.3 Å². The lowest BCUT2D eigenvalue weighted by Gasteiger charge is -2.15. The van der Waals surface area contributed by atoms with Crippen LogP contribution >= 0.6 is 0 Å². The molecule has 0 saturated heterocycles. The van der Waals surface area contributed by atoms with Crippen LogP contribution in [0.4, 0.5) is 0 Å².